The first-order valence-electron chi connectivity index (χ1n) is 7.00. The second-order valence-corrected chi connectivity index (χ2v) is 5.39. The van der Waals surface area contributed by atoms with Gasteiger partial charge in [0.1, 0.15) is 0 Å². The molecule has 1 N–H and O–H groups in total. The van der Waals surface area contributed by atoms with Crippen molar-refractivity contribution in [2.75, 3.05) is 18.5 Å². The largest absolute Gasteiger partial charge is 0.490 e. The van der Waals surface area contributed by atoms with Gasteiger partial charge in [0.05, 0.1) is 6.61 Å². The molecule has 0 amide bonds. The minimum Gasteiger partial charge on any atom is -0.490 e. The summed E-state index contributed by atoms with van der Waals surface area (Å²) in [5.74, 6) is 1.61. The normalized spacial score (nSPS) is 11.2. The smallest absolute Gasteiger partial charge is 0.168 e. The summed E-state index contributed by atoms with van der Waals surface area (Å²) < 4.78 is 5.58. The minimum absolute atomic E-state index is 0.0300. The van der Waals surface area contributed by atoms with Crippen molar-refractivity contribution in [3.05, 3.63) is 54.2 Å². The lowest BCUT2D eigenvalue weighted by molar-refractivity contribution is 0.340. The van der Waals surface area contributed by atoms with Crippen LogP contribution in [0.15, 0.2) is 48.7 Å². The van der Waals surface area contributed by atoms with Crippen LogP contribution in [0.25, 0.3) is 0 Å². The van der Waals surface area contributed by atoms with Crippen LogP contribution < -0.4 is 10.1 Å². The topological polar surface area (TPSA) is 34.1 Å². The molecule has 106 valence electrons. The Morgan fingerprint density at radius 2 is 1.85 bits per heavy atom. The van der Waals surface area contributed by atoms with Crippen molar-refractivity contribution in [1.29, 1.82) is 0 Å². The lowest BCUT2D eigenvalue weighted by Gasteiger charge is -2.26. The highest BCUT2D eigenvalue weighted by atomic mass is 16.5. The van der Waals surface area contributed by atoms with Gasteiger partial charge in [-0.25, -0.2) is 4.98 Å². The number of rotatable bonds is 6. The summed E-state index contributed by atoms with van der Waals surface area (Å²) in [5.41, 5.74) is 1.34. The second-order valence-electron chi connectivity index (χ2n) is 5.39. The number of ether oxygens (including phenoxy) is 1. The van der Waals surface area contributed by atoms with Gasteiger partial charge in [0.25, 0.3) is 0 Å². The van der Waals surface area contributed by atoms with Crippen molar-refractivity contribution in [1.82, 2.24) is 4.98 Å². The standard InChI is InChI=1S/C17H22N2O/c1-4-20-15-11-8-12-18-16(15)19-13-17(2,3)14-9-6-5-7-10-14/h5-12H,4,13H2,1-3H3,(H,18,19). The van der Waals surface area contributed by atoms with E-state index in [1.807, 2.05) is 25.1 Å². The Labute approximate surface area is 121 Å². The molecule has 1 aromatic carbocycles. The van der Waals surface area contributed by atoms with E-state index in [1.165, 1.54) is 5.56 Å². The first kappa shape index (κ1) is 14.4. The maximum Gasteiger partial charge on any atom is 0.168 e. The highest BCUT2D eigenvalue weighted by molar-refractivity contribution is 5.50. The van der Waals surface area contributed by atoms with Gasteiger partial charge in [-0.3, -0.25) is 0 Å². The molecule has 0 bridgehead atoms. The van der Waals surface area contributed by atoms with E-state index in [9.17, 15) is 0 Å². The van der Waals surface area contributed by atoms with Gasteiger partial charge in [0.15, 0.2) is 11.6 Å². The summed E-state index contributed by atoms with van der Waals surface area (Å²) >= 11 is 0. The van der Waals surface area contributed by atoms with Gasteiger partial charge in [0, 0.05) is 18.2 Å². The molecule has 0 spiro atoms. The van der Waals surface area contributed by atoms with E-state index < -0.39 is 0 Å². The van der Waals surface area contributed by atoms with Gasteiger partial charge in [-0.1, -0.05) is 44.2 Å². The Balaban J connectivity index is 2.08. The third kappa shape index (κ3) is 3.50. The average molecular weight is 270 g/mol. The van der Waals surface area contributed by atoms with Crippen LogP contribution in [0, 0.1) is 0 Å². The van der Waals surface area contributed by atoms with Crippen LogP contribution in [-0.2, 0) is 5.41 Å². The number of hydrogen-bond acceptors (Lipinski definition) is 3. The molecule has 0 radical (unpaired) electrons. The number of nitrogens with one attached hydrogen (secondary N) is 1. The molecule has 1 aromatic heterocycles. The van der Waals surface area contributed by atoms with Crippen LogP contribution in [0.3, 0.4) is 0 Å². The monoisotopic (exact) mass is 270 g/mol. The zero-order valence-corrected chi connectivity index (χ0v) is 12.4. The molecule has 0 aliphatic heterocycles. The third-order valence-corrected chi connectivity index (χ3v) is 3.32. The van der Waals surface area contributed by atoms with Crippen LogP contribution in [0.5, 0.6) is 5.75 Å². The molecule has 0 unspecified atom stereocenters. The maximum atomic E-state index is 5.58. The molecule has 0 atom stereocenters. The predicted molar refractivity (Wildman–Crippen MR) is 83.4 cm³/mol. The van der Waals surface area contributed by atoms with Crippen molar-refractivity contribution >= 4 is 5.82 Å². The molecule has 3 heteroatoms. The average Bonchev–Trinajstić information content (AvgIpc) is 2.48. The Morgan fingerprint density at radius 3 is 2.55 bits per heavy atom. The Bertz CT molecular complexity index is 538. The second kappa shape index (κ2) is 6.42. The van der Waals surface area contributed by atoms with Gasteiger partial charge >= 0.3 is 0 Å². The molecule has 2 aromatic rings. The third-order valence-electron chi connectivity index (χ3n) is 3.32. The molecule has 0 saturated carbocycles. The van der Waals surface area contributed by atoms with E-state index in [2.05, 4.69) is 48.4 Å². The molecular formula is C17H22N2O. The van der Waals surface area contributed by atoms with Crippen LogP contribution in [0.4, 0.5) is 5.82 Å². The zero-order valence-electron chi connectivity index (χ0n) is 12.4. The van der Waals surface area contributed by atoms with E-state index in [1.54, 1.807) is 6.20 Å². The van der Waals surface area contributed by atoms with E-state index in [0.29, 0.717) is 6.61 Å². The first-order chi connectivity index (χ1) is 9.63. The lowest BCUT2D eigenvalue weighted by Crippen LogP contribution is -2.28. The molecule has 3 nitrogen and oxygen atoms in total. The number of nitrogens with zero attached hydrogens (tertiary/aromatic N) is 1. The lowest BCUT2D eigenvalue weighted by atomic mass is 9.84. The van der Waals surface area contributed by atoms with Crippen molar-refractivity contribution in [2.45, 2.75) is 26.2 Å². The summed E-state index contributed by atoms with van der Waals surface area (Å²) in [4.78, 5) is 4.36. The molecule has 0 fully saturated rings. The fourth-order valence-electron chi connectivity index (χ4n) is 2.09. The summed E-state index contributed by atoms with van der Waals surface area (Å²) in [7, 11) is 0. The number of hydrogen-bond donors (Lipinski definition) is 1. The van der Waals surface area contributed by atoms with Gasteiger partial charge < -0.3 is 10.1 Å². The molecule has 0 aliphatic carbocycles. The van der Waals surface area contributed by atoms with Gasteiger partial charge in [-0.15, -0.1) is 0 Å². The highest BCUT2D eigenvalue weighted by Crippen LogP contribution is 2.26. The highest BCUT2D eigenvalue weighted by Gasteiger charge is 2.20. The number of benzene rings is 1. The van der Waals surface area contributed by atoms with Crippen LogP contribution in [-0.4, -0.2) is 18.1 Å². The quantitative estimate of drug-likeness (QED) is 0.865. The van der Waals surface area contributed by atoms with Gasteiger partial charge in [-0.2, -0.15) is 0 Å². The van der Waals surface area contributed by atoms with Gasteiger partial charge in [0.2, 0.25) is 0 Å². The maximum absolute atomic E-state index is 5.58. The van der Waals surface area contributed by atoms with Crippen molar-refractivity contribution in [3.8, 4) is 5.75 Å². The zero-order chi connectivity index (χ0) is 14.4. The van der Waals surface area contributed by atoms with Crippen LogP contribution in [0.1, 0.15) is 26.3 Å². The number of pyridine rings is 1. The summed E-state index contributed by atoms with van der Waals surface area (Å²) in [6, 6.07) is 14.3. The fourth-order valence-corrected chi connectivity index (χ4v) is 2.09. The van der Waals surface area contributed by atoms with Gasteiger partial charge in [-0.05, 0) is 24.6 Å². The van der Waals surface area contributed by atoms with E-state index >= 15 is 0 Å². The molecule has 0 saturated heterocycles. The molecular weight excluding hydrogens is 248 g/mol. The number of anilines is 1. The van der Waals surface area contributed by atoms with E-state index in [4.69, 9.17) is 4.74 Å². The Morgan fingerprint density at radius 1 is 1.10 bits per heavy atom. The molecule has 1 heterocycles. The summed E-state index contributed by atoms with van der Waals surface area (Å²) in [6.07, 6.45) is 1.78. The SMILES string of the molecule is CCOc1cccnc1NCC(C)(C)c1ccccc1. The molecule has 0 aliphatic rings. The fraction of sp³-hybridized carbons (Fsp3) is 0.353. The van der Waals surface area contributed by atoms with Crippen molar-refractivity contribution in [2.24, 2.45) is 0 Å². The summed E-state index contributed by atoms with van der Waals surface area (Å²) in [5, 5.41) is 3.40. The Hall–Kier alpha value is -2.03. The van der Waals surface area contributed by atoms with E-state index in [-0.39, 0.29) is 5.41 Å². The van der Waals surface area contributed by atoms with Crippen molar-refractivity contribution < 1.29 is 4.74 Å². The van der Waals surface area contributed by atoms with Crippen molar-refractivity contribution in [3.63, 3.8) is 0 Å². The first-order valence-corrected chi connectivity index (χ1v) is 7.00. The summed E-state index contributed by atoms with van der Waals surface area (Å²) in [6.45, 7) is 7.86. The van der Waals surface area contributed by atoms with E-state index in [0.717, 1.165) is 18.1 Å². The van der Waals surface area contributed by atoms with Crippen LogP contribution in [0.2, 0.25) is 0 Å². The number of aromatic nitrogens is 1. The molecule has 2 rings (SSSR count). The predicted octanol–water partition coefficient (Wildman–Crippen LogP) is 3.87. The molecule has 20 heavy (non-hydrogen) atoms. The minimum atomic E-state index is 0.0300. The Kier molecular flexibility index (Phi) is 4.61. The van der Waals surface area contributed by atoms with Crippen LogP contribution >= 0.6 is 0 Å².